The van der Waals surface area contributed by atoms with Crippen LogP contribution in [0.2, 0.25) is 10.0 Å². The average molecular weight is 601 g/mol. The molecule has 3 rings (SSSR count). The Morgan fingerprint density at radius 2 is 1.75 bits per heavy atom. The van der Waals surface area contributed by atoms with Crippen molar-refractivity contribution in [1.29, 1.82) is 0 Å². The third kappa shape index (κ3) is 7.58. The van der Waals surface area contributed by atoms with Crippen molar-refractivity contribution in [2.24, 2.45) is 5.10 Å². The van der Waals surface area contributed by atoms with Crippen molar-refractivity contribution in [2.45, 2.75) is 11.5 Å². The van der Waals surface area contributed by atoms with Crippen LogP contribution < -0.4 is 14.9 Å². The highest BCUT2D eigenvalue weighted by molar-refractivity contribution is 14.1. The molecule has 1 amide bonds. The van der Waals surface area contributed by atoms with Crippen LogP contribution in [-0.4, -0.2) is 25.0 Å². The molecule has 0 fully saturated rings. The van der Waals surface area contributed by atoms with E-state index in [2.05, 4.69) is 33.1 Å². The van der Waals surface area contributed by atoms with Crippen molar-refractivity contribution in [1.82, 2.24) is 5.43 Å². The molecule has 0 unspecified atom stereocenters. The molecule has 0 aliphatic heterocycles. The lowest BCUT2D eigenvalue weighted by Crippen LogP contribution is -2.19. The van der Waals surface area contributed by atoms with Gasteiger partial charge in [0.2, 0.25) is 5.91 Å². The molecule has 3 aromatic rings. The fraction of sp³-hybridized carbons (Fsp3) is 0.130. The Morgan fingerprint density at radius 1 is 1.09 bits per heavy atom. The van der Waals surface area contributed by atoms with Gasteiger partial charge in [0, 0.05) is 14.9 Å². The van der Waals surface area contributed by atoms with Gasteiger partial charge < -0.3 is 9.47 Å². The Morgan fingerprint density at radius 3 is 2.41 bits per heavy atom. The first-order chi connectivity index (χ1) is 15.4. The molecule has 0 saturated carbocycles. The molecule has 0 aromatic heterocycles. The fourth-order valence-corrected chi connectivity index (χ4v) is 4.31. The number of nitrogens with zero attached hydrogens (tertiary/aromatic N) is 1. The van der Waals surface area contributed by atoms with Crippen molar-refractivity contribution in [2.75, 3.05) is 12.9 Å². The van der Waals surface area contributed by atoms with Gasteiger partial charge in [-0.3, -0.25) is 4.79 Å². The SMILES string of the molecule is COc1cc(/C=N/NC(=O)CSc2ccc(Cl)cc2)cc(I)c1OCc1ccc(Cl)cc1. The van der Waals surface area contributed by atoms with Gasteiger partial charge in [0.1, 0.15) is 6.61 Å². The molecule has 9 heteroatoms. The molecule has 0 heterocycles. The van der Waals surface area contributed by atoms with E-state index in [1.807, 2.05) is 42.5 Å². The molecule has 0 bridgehead atoms. The number of methoxy groups -OCH3 is 1. The lowest BCUT2D eigenvalue weighted by atomic mass is 10.2. The molecule has 5 nitrogen and oxygen atoms in total. The third-order valence-corrected chi connectivity index (χ3v) is 6.45. The molecule has 0 radical (unpaired) electrons. The number of nitrogens with one attached hydrogen (secondary N) is 1. The molecule has 0 spiro atoms. The van der Waals surface area contributed by atoms with Gasteiger partial charge in [0.25, 0.3) is 0 Å². The predicted molar refractivity (Wildman–Crippen MR) is 139 cm³/mol. The van der Waals surface area contributed by atoms with Crippen LogP contribution in [0.25, 0.3) is 0 Å². The van der Waals surface area contributed by atoms with Crippen molar-refractivity contribution in [3.63, 3.8) is 0 Å². The summed E-state index contributed by atoms with van der Waals surface area (Å²) in [5.41, 5.74) is 4.30. The molecule has 3 aromatic carbocycles. The van der Waals surface area contributed by atoms with E-state index in [0.29, 0.717) is 28.2 Å². The topological polar surface area (TPSA) is 59.9 Å². The van der Waals surface area contributed by atoms with E-state index in [4.69, 9.17) is 32.7 Å². The summed E-state index contributed by atoms with van der Waals surface area (Å²) in [5.74, 6) is 1.27. The molecule has 166 valence electrons. The summed E-state index contributed by atoms with van der Waals surface area (Å²) in [6.45, 7) is 0.387. The Bertz CT molecular complexity index is 1090. The van der Waals surface area contributed by atoms with Crippen LogP contribution >= 0.6 is 57.6 Å². The van der Waals surface area contributed by atoms with E-state index in [1.54, 1.807) is 31.5 Å². The summed E-state index contributed by atoms with van der Waals surface area (Å²) in [7, 11) is 1.58. The number of rotatable bonds is 9. The largest absolute Gasteiger partial charge is 0.493 e. The van der Waals surface area contributed by atoms with Gasteiger partial charge in [-0.05, 0) is 82.2 Å². The monoisotopic (exact) mass is 600 g/mol. The average Bonchev–Trinajstić information content (AvgIpc) is 2.79. The number of amides is 1. The first-order valence-electron chi connectivity index (χ1n) is 9.39. The van der Waals surface area contributed by atoms with E-state index in [0.717, 1.165) is 19.6 Å². The highest BCUT2D eigenvalue weighted by Gasteiger charge is 2.12. The lowest BCUT2D eigenvalue weighted by molar-refractivity contribution is -0.118. The van der Waals surface area contributed by atoms with Gasteiger partial charge in [0.05, 0.1) is 22.6 Å². The summed E-state index contributed by atoms with van der Waals surface area (Å²) < 4.78 is 12.3. The van der Waals surface area contributed by atoms with Gasteiger partial charge in [-0.25, -0.2) is 5.43 Å². The molecular weight excluding hydrogens is 582 g/mol. The van der Waals surface area contributed by atoms with E-state index >= 15 is 0 Å². The number of halogens is 3. The van der Waals surface area contributed by atoms with Crippen molar-refractivity contribution in [3.05, 3.63) is 85.4 Å². The second-order valence-corrected chi connectivity index (χ2v) is 9.57. The summed E-state index contributed by atoms with van der Waals surface area (Å²) in [4.78, 5) is 13.0. The number of thioether (sulfide) groups is 1. The number of carbonyl (C=O) groups is 1. The third-order valence-electron chi connectivity index (χ3n) is 4.13. The second kappa shape index (κ2) is 12.3. The number of benzene rings is 3. The molecule has 0 atom stereocenters. The normalized spacial score (nSPS) is 10.9. The minimum Gasteiger partial charge on any atom is -0.493 e. The van der Waals surface area contributed by atoms with E-state index < -0.39 is 0 Å². The van der Waals surface area contributed by atoms with Crippen LogP contribution in [0.4, 0.5) is 0 Å². The summed E-state index contributed by atoms with van der Waals surface area (Å²) in [6, 6.07) is 18.5. The van der Waals surface area contributed by atoms with Crippen LogP contribution in [0.1, 0.15) is 11.1 Å². The van der Waals surface area contributed by atoms with Crippen LogP contribution in [0.3, 0.4) is 0 Å². The van der Waals surface area contributed by atoms with E-state index in [-0.39, 0.29) is 11.7 Å². The van der Waals surface area contributed by atoms with Gasteiger partial charge in [-0.1, -0.05) is 35.3 Å². The molecule has 1 N–H and O–H groups in total. The zero-order chi connectivity index (χ0) is 22.9. The predicted octanol–water partition coefficient (Wildman–Crippen LogP) is 6.43. The molecule has 32 heavy (non-hydrogen) atoms. The van der Waals surface area contributed by atoms with Crippen LogP contribution in [0.5, 0.6) is 11.5 Å². The second-order valence-electron chi connectivity index (χ2n) is 6.49. The summed E-state index contributed by atoms with van der Waals surface area (Å²) >= 11 is 15.4. The quantitative estimate of drug-likeness (QED) is 0.133. The smallest absolute Gasteiger partial charge is 0.250 e. The summed E-state index contributed by atoms with van der Waals surface area (Å²) in [6.07, 6.45) is 1.57. The molecule has 0 saturated heterocycles. The van der Waals surface area contributed by atoms with Gasteiger partial charge >= 0.3 is 0 Å². The Hall–Kier alpha value is -1.94. The summed E-state index contributed by atoms with van der Waals surface area (Å²) in [5, 5.41) is 5.39. The maximum Gasteiger partial charge on any atom is 0.250 e. The minimum absolute atomic E-state index is 0.203. The maximum atomic E-state index is 12.0. The Kier molecular flexibility index (Phi) is 9.52. The van der Waals surface area contributed by atoms with Crippen LogP contribution in [0, 0.1) is 3.57 Å². The van der Waals surface area contributed by atoms with Gasteiger partial charge in [-0.15, -0.1) is 11.8 Å². The standard InChI is InChI=1S/C23H19Cl2IN2O3S/c1-30-21-11-16(10-20(26)23(21)31-13-15-2-4-17(24)5-3-15)12-27-28-22(29)14-32-19-8-6-18(25)7-9-19/h2-12H,13-14H2,1H3,(H,28,29)/b27-12+. The van der Waals surface area contributed by atoms with Crippen LogP contribution in [-0.2, 0) is 11.4 Å². The molecule has 0 aliphatic rings. The van der Waals surface area contributed by atoms with Gasteiger partial charge in [-0.2, -0.15) is 5.10 Å². The van der Waals surface area contributed by atoms with Crippen molar-refractivity contribution in [3.8, 4) is 11.5 Å². The zero-order valence-corrected chi connectivity index (χ0v) is 21.5. The fourth-order valence-electron chi connectivity index (χ4n) is 2.58. The Balaban J connectivity index is 1.57. The van der Waals surface area contributed by atoms with E-state index in [9.17, 15) is 4.79 Å². The number of carbonyl (C=O) groups excluding carboxylic acids is 1. The molecule has 0 aliphatic carbocycles. The first-order valence-corrected chi connectivity index (χ1v) is 12.2. The number of hydrazone groups is 1. The number of hydrogen-bond acceptors (Lipinski definition) is 5. The van der Waals surface area contributed by atoms with Gasteiger partial charge in [0.15, 0.2) is 11.5 Å². The zero-order valence-electron chi connectivity index (χ0n) is 17.0. The number of hydrogen-bond donors (Lipinski definition) is 1. The number of ether oxygens (including phenoxy) is 2. The minimum atomic E-state index is -0.203. The lowest BCUT2D eigenvalue weighted by Gasteiger charge is -2.13. The van der Waals surface area contributed by atoms with Crippen molar-refractivity contribution < 1.29 is 14.3 Å². The maximum absolute atomic E-state index is 12.0. The highest BCUT2D eigenvalue weighted by atomic mass is 127. The van der Waals surface area contributed by atoms with Crippen LogP contribution in [0.15, 0.2) is 70.7 Å². The highest BCUT2D eigenvalue weighted by Crippen LogP contribution is 2.34. The molecular formula is C23H19Cl2IN2O3S. The first kappa shape index (κ1) is 24.7. The van der Waals surface area contributed by atoms with E-state index in [1.165, 1.54) is 11.8 Å². The Labute approximate surface area is 214 Å². The van der Waals surface area contributed by atoms with Crippen molar-refractivity contribution >= 4 is 69.7 Å².